The maximum absolute atomic E-state index is 12.3. The number of likely N-dealkylation sites (tertiary alicyclic amines) is 1. The fourth-order valence-corrected chi connectivity index (χ4v) is 2.55. The Morgan fingerprint density at radius 2 is 2.32 bits per heavy atom. The molecule has 1 saturated heterocycles. The quantitative estimate of drug-likeness (QED) is 0.678. The van der Waals surface area contributed by atoms with Gasteiger partial charge in [0.25, 0.3) is 11.6 Å². The van der Waals surface area contributed by atoms with Gasteiger partial charge in [0.1, 0.15) is 5.02 Å². The number of carbonyl (C=O) groups is 1. The maximum Gasteiger partial charge on any atom is 0.288 e. The van der Waals surface area contributed by atoms with Crippen LogP contribution >= 0.6 is 11.6 Å². The van der Waals surface area contributed by atoms with Crippen LogP contribution in [0, 0.1) is 10.1 Å². The van der Waals surface area contributed by atoms with Gasteiger partial charge in [-0.05, 0) is 18.9 Å². The minimum atomic E-state index is -0.618. The smallest absolute Gasteiger partial charge is 0.288 e. The van der Waals surface area contributed by atoms with Crippen LogP contribution in [0.25, 0.3) is 0 Å². The number of aliphatic hydroxyl groups is 1. The van der Waals surface area contributed by atoms with Crippen LogP contribution in [0.5, 0.6) is 0 Å². The summed E-state index contributed by atoms with van der Waals surface area (Å²) in [5.74, 6) is -0.370. The summed E-state index contributed by atoms with van der Waals surface area (Å²) in [5, 5.41) is 19.9. The number of carbonyl (C=O) groups excluding carboxylic acids is 1. The molecule has 0 saturated carbocycles. The molecule has 1 atom stereocenters. The van der Waals surface area contributed by atoms with E-state index in [9.17, 15) is 20.0 Å². The lowest BCUT2D eigenvalue weighted by molar-refractivity contribution is -0.384. The summed E-state index contributed by atoms with van der Waals surface area (Å²) < 4.78 is 0. The van der Waals surface area contributed by atoms with E-state index >= 15 is 0 Å². The van der Waals surface area contributed by atoms with Crippen molar-refractivity contribution in [2.45, 2.75) is 18.9 Å². The van der Waals surface area contributed by atoms with Crippen LogP contribution in [0.3, 0.4) is 0 Å². The fraction of sp³-hybridized carbons (Fsp3) is 0.417. The van der Waals surface area contributed by atoms with Crippen molar-refractivity contribution < 1.29 is 14.8 Å². The Morgan fingerprint density at radius 3 is 2.95 bits per heavy atom. The first-order valence-electron chi connectivity index (χ1n) is 5.91. The standard InChI is InChI=1S/C12H13ClN2O4/c13-11-9(4-1-5-10(11)15(18)19)12(17)14-6-2-3-8(14)7-16/h1,4-5,8,16H,2-3,6-7H2/t8-/m1/s1. The van der Waals surface area contributed by atoms with Crippen molar-refractivity contribution in [3.05, 3.63) is 38.9 Å². The van der Waals surface area contributed by atoms with Gasteiger partial charge in [0, 0.05) is 12.6 Å². The van der Waals surface area contributed by atoms with E-state index in [1.165, 1.54) is 23.1 Å². The van der Waals surface area contributed by atoms with E-state index in [0.717, 1.165) is 12.8 Å². The van der Waals surface area contributed by atoms with Gasteiger partial charge in [-0.3, -0.25) is 14.9 Å². The summed E-state index contributed by atoms with van der Waals surface area (Å²) in [6.07, 6.45) is 1.54. The third kappa shape index (κ3) is 2.54. The van der Waals surface area contributed by atoms with Gasteiger partial charge in [0.05, 0.1) is 23.1 Å². The van der Waals surface area contributed by atoms with E-state index in [-0.39, 0.29) is 34.8 Å². The molecule has 0 bridgehead atoms. The van der Waals surface area contributed by atoms with Crippen molar-refractivity contribution in [3.8, 4) is 0 Å². The topological polar surface area (TPSA) is 83.7 Å². The molecular formula is C12H13ClN2O4. The fourth-order valence-electron chi connectivity index (χ4n) is 2.27. The van der Waals surface area contributed by atoms with Crippen molar-refractivity contribution in [1.82, 2.24) is 4.90 Å². The van der Waals surface area contributed by atoms with Crippen molar-refractivity contribution in [3.63, 3.8) is 0 Å². The minimum absolute atomic E-state index is 0.108. The van der Waals surface area contributed by atoms with Gasteiger partial charge >= 0.3 is 0 Å². The third-order valence-electron chi connectivity index (χ3n) is 3.25. The van der Waals surface area contributed by atoms with Crippen LogP contribution in [0.4, 0.5) is 5.69 Å². The maximum atomic E-state index is 12.3. The zero-order valence-corrected chi connectivity index (χ0v) is 10.8. The van der Waals surface area contributed by atoms with E-state index in [4.69, 9.17) is 11.6 Å². The molecule has 1 aromatic rings. The van der Waals surface area contributed by atoms with Gasteiger partial charge in [0.15, 0.2) is 0 Å². The molecule has 19 heavy (non-hydrogen) atoms. The highest BCUT2D eigenvalue weighted by Gasteiger charge is 2.31. The summed E-state index contributed by atoms with van der Waals surface area (Å²) in [7, 11) is 0. The zero-order chi connectivity index (χ0) is 14.0. The molecule has 1 fully saturated rings. The van der Waals surface area contributed by atoms with Gasteiger partial charge in [-0.1, -0.05) is 17.7 Å². The van der Waals surface area contributed by atoms with E-state index in [1.54, 1.807) is 0 Å². The van der Waals surface area contributed by atoms with Crippen LogP contribution in [0.15, 0.2) is 18.2 Å². The largest absolute Gasteiger partial charge is 0.394 e. The van der Waals surface area contributed by atoms with Crippen LogP contribution in [-0.4, -0.2) is 40.0 Å². The van der Waals surface area contributed by atoms with Gasteiger partial charge in [-0.15, -0.1) is 0 Å². The molecule has 6 nitrogen and oxygen atoms in total. The first-order valence-corrected chi connectivity index (χ1v) is 6.28. The summed E-state index contributed by atoms with van der Waals surface area (Å²) in [6.45, 7) is 0.418. The Kier molecular flexibility index (Phi) is 4.01. The third-order valence-corrected chi connectivity index (χ3v) is 3.65. The highest BCUT2D eigenvalue weighted by atomic mass is 35.5. The van der Waals surface area contributed by atoms with E-state index < -0.39 is 4.92 Å². The van der Waals surface area contributed by atoms with Crippen LogP contribution in [-0.2, 0) is 0 Å². The summed E-state index contributed by atoms with van der Waals surface area (Å²) in [6, 6.07) is 3.92. The number of hydrogen-bond acceptors (Lipinski definition) is 4. The van der Waals surface area contributed by atoms with Gasteiger partial charge in [-0.25, -0.2) is 0 Å². The van der Waals surface area contributed by atoms with Crippen molar-refractivity contribution >= 4 is 23.2 Å². The lowest BCUT2D eigenvalue weighted by Gasteiger charge is -2.23. The molecule has 0 aliphatic carbocycles. The van der Waals surface area contributed by atoms with E-state index in [1.807, 2.05) is 0 Å². The number of hydrogen-bond donors (Lipinski definition) is 1. The average molecular weight is 285 g/mol. The molecule has 0 radical (unpaired) electrons. The lowest BCUT2D eigenvalue weighted by Crippen LogP contribution is -2.37. The Bertz CT molecular complexity index is 520. The number of aliphatic hydroxyl groups excluding tert-OH is 1. The molecule has 0 unspecified atom stereocenters. The van der Waals surface area contributed by atoms with Crippen molar-refractivity contribution in [1.29, 1.82) is 0 Å². The number of halogens is 1. The Balaban J connectivity index is 2.34. The summed E-state index contributed by atoms with van der Waals surface area (Å²) >= 11 is 5.92. The zero-order valence-electron chi connectivity index (χ0n) is 10.1. The van der Waals surface area contributed by atoms with Gasteiger partial charge < -0.3 is 10.0 Å². The number of benzene rings is 1. The Hall–Kier alpha value is -1.66. The first kappa shape index (κ1) is 13.8. The summed E-state index contributed by atoms with van der Waals surface area (Å²) in [5.41, 5.74) is -0.177. The molecule has 1 N–H and O–H groups in total. The van der Waals surface area contributed by atoms with E-state index in [2.05, 4.69) is 0 Å². The molecule has 1 amide bonds. The molecule has 0 aromatic heterocycles. The molecular weight excluding hydrogens is 272 g/mol. The van der Waals surface area contributed by atoms with Gasteiger partial charge in [0.2, 0.25) is 0 Å². The van der Waals surface area contributed by atoms with Crippen molar-refractivity contribution in [2.75, 3.05) is 13.2 Å². The number of nitro groups is 1. The highest BCUT2D eigenvalue weighted by molar-refractivity contribution is 6.35. The van der Waals surface area contributed by atoms with Crippen molar-refractivity contribution in [2.24, 2.45) is 0 Å². The Labute approximate surface area is 114 Å². The minimum Gasteiger partial charge on any atom is -0.394 e. The average Bonchev–Trinajstić information content (AvgIpc) is 2.86. The van der Waals surface area contributed by atoms with E-state index in [0.29, 0.717) is 6.54 Å². The molecule has 1 aliphatic rings. The monoisotopic (exact) mass is 284 g/mol. The number of amides is 1. The SMILES string of the molecule is O=C(c1cccc([N+](=O)[O-])c1Cl)N1CCC[C@@H]1CO. The molecule has 2 rings (SSSR count). The molecule has 1 aliphatic heterocycles. The second-order valence-electron chi connectivity index (χ2n) is 4.37. The second-order valence-corrected chi connectivity index (χ2v) is 4.75. The number of rotatable bonds is 3. The highest BCUT2D eigenvalue weighted by Crippen LogP contribution is 2.30. The second kappa shape index (κ2) is 5.54. The van der Waals surface area contributed by atoms with Crippen LogP contribution in [0.2, 0.25) is 5.02 Å². The number of nitro benzene ring substituents is 1. The molecule has 1 aromatic carbocycles. The van der Waals surface area contributed by atoms with Crippen LogP contribution < -0.4 is 0 Å². The van der Waals surface area contributed by atoms with Gasteiger partial charge in [-0.2, -0.15) is 0 Å². The van der Waals surface area contributed by atoms with Crippen LogP contribution in [0.1, 0.15) is 23.2 Å². The lowest BCUT2D eigenvalue weighted by atomic mass is 10.1. The normalized spacial score (nSPS) is 18.6. The molecule has 0 spiro atoms. The summed E-state index contributed by atoms with van der Waals surface area (Å²) in [4.78, 5) is 24.0. The Morgan fingerprint density at radius 1 is 1.58 bits per heavy atom. The molecule has 102 valence electrons. The number of nitrogens with zero attached hydrogens (tertiary/aromatic N) is 2. The predicted octanol–water partition coefficient (Wildman–Crippen LogP) is 1.85. The molecule has 1 heterocycles. The predicted molar refractivity (Wildman–Crippen MR) is 69.3 cm³/mol. The first-order chi connectivity index (χ1) is 9.06. The molecule has 7 heteroatoms.